The number of nitro groups is 1. The number of benzene rings is 2. The number of hydrogen-bond acceptors (Lipinski definition) is 4. The predicted octanol–water partition coefficient (Wildman–Crippen LogP) is 3.90. The third kappa shape index (κ3) is 4.44. The molecule has 0 aliphatic carbocycles. The van der Waals surface area contributed by atoms with Crippen molar-refractivity contribution in [1.29, 1.82) is 0 Å². The van der Waals surface area contributed by atoms with E-state index in [1.807, 2.05) is 4.90 Å². The van der Waals surface area contributed by atoms with Crippen LogP contribution >= 0.6 is 0 Å². The minimum Gasteiger partial charge on any atom is -0.361 e. The molecule has 0 unspecified atom stereocenters. The summed E-state index contributed by atoms with van der Waals surface area (Å²) in [6, 6.07) is 10.8. The highest BCUT2D eigenvalue weighted by atomic mass is 19.1. The summed E-state index contributed by atoms with van der Waals surface area (Å²) in [6.07, 6.45) is 2.01. The maximum atomic E-state index is 13.5. The van der Waals surface area contributed by atoms with Gasteiger partial charge in [0.05, 0.1) is 4.92 Å². The van der Waals surface area contributed by atoms with Crippen LogP contribution in [0.5, 0.6) is 0 Å². The van der Waals surface area contributed by atoms with E-state index in [-0.39, 0.29) is 29.8 Å². The number of halogens is 1. The van der Waals surface area contributed by atoms with Crippen molar-refractivity contribution in [3.05, 3.63) is 75.7 Å². The fourth-order valence-corrected chi connectivity index (χ4v) is 4.25. The minimum atomic E-state index is -0.429. The van der Waals surface area contributed by atoms with Crippen LogP contribution in [0.25, 0.3) is 10.9 Å². The van der Waals surface area contributed by atoms with Gasteiger partial charge in [0.15, 0.2) is 0 Å². The fourth-order valence-electron chi connectivity index (χ4n) is 4.25. The van der Waals surface area contributed by atoms with Crippen molar-refractivity contribution in [2.24, 2.45) is 0 Å². The molecule has 1 aliphatic rings. The van der Waals surface area contributed by atoms with Gasteiger partial charge in [0.2, 0.25) is 5.91 Å². The normalized spacial score (nSPS) is 15.9. The zero-order valence-electron chi connectivity index (χ0n) is 17.4. The molecule has 162 valence electrons. The van der Waals surface area contributed by atoms with E-state index in [2.05, 4.69) is 16.8 Å². The minimum absolute atomic E-state index is 0.00628. The number of rotatable bonds is 6. The molecule has 1 saturated heterocycles. The van der Waals surface area contributed by atoms with Gasteiger partial charge in [-0.25, -0.2) is 4.39 Å². The van der Waals surface area contributed by atoms with Crippen LogP contribution in [0.2, 0.25) is 0 Å². The van der Waals surface area contributed by atoms with Crippen molar-refractivity contribution in [3.63, 3.8) is 0 Å². The molecule has 1 N–H and O–H groups in total. The smallest absolute Gasteiger partial charge is 0.270 e. The first-order valence-electron chi connectivity index (χ1n) is 10.5. The van der Waals surface area contributed by atoms with E-state index in [9.17, 15) is 19.3 Å². The maximum Gasteiger partial charge on any atom is 0.270 e. The zero-order chi connectivity index (χ0) is 22.0. The Balaban J connectivity index is 1.68. The SMILES string of the molecule is CCN1CCN(C(=O)C[C@@H](c2ccc(F)cc2)c2c[nH]c3ccc([N+](=O)[O-])cc23)CC1. The van der Waals surface area contributed by atoms with Crippen molar-refractivity contribution in [2.45, 2.75) is 19.3 Å². The number of nitrogens with one attached hydrogen (secondary N) is 1. The van der Waals surface area contributed by atoms with Gasteiger partial charge in [0.25, 0.3) is 5.69 Å². The van der Waals surface area contributed by atoms with E-state index in [0.717, 1.165) is 36.3 Å². The quantitative estimate of drug-likeness (QED) is 0.481. The van der Waals surface area contributed by atoms with Crippen LogP contribution in [0.4, 0.5) is 10.1 Å². The van der Waals surface area contributed by atoms with Gasteiger partial charge >= 0.3 is 0 Å². The number of carbonyl (C=O) groups is 1. The van der Waals surface area contributed by atoms with Crippen molar-refractivity contribution >= 4 is 22.5 Å². The van der Waals surface area contributed by atoms with Gasteiger partial charge in [0.1, 0.15) is 5.82 Å². The summed E-state index contributed by atoms with van der Waals surface area (Å²) >= 11 is 0. The van der Waals surface area contributed by atoms with Crippen LogP contribution in [0.1, 0.15) is 30.4 Å². The number of hydrogen-bond donors (Lipinski definition) is 1. The molecule has 2 heterocycles. The number of piperazine rings is 1. The number of amides is 1. The third-order valence-corrected chi connectivity index (χ3v) is 6.11. The summed E-state index contributed by atoms with van der Waals surface area (Å²) in [5.41, 5.74) is 2.35. The predicted molar refractivity (Wildman–Crippen MR) is 117 cm³/mol. The standard InChI is InChI=1S/C23H25FN4O3/c1-2-26-9-11-27(12-10-26)23(29)14-19(16-3-5-17(24)6-4-16)21-15-25-22-8-7-18(28(30)31)13-20(21)22/h3-8,13,15,19,25H,2,9-12,14H2,1H3/t19-/m0/s1. The number of nitro benzene ring substituents is 1. The first-order valence-corrected chi connectivity index (χ1v) is 10.5. The van der Waals surface area contributed by atoms with Crippen LogP contribution in [0, 0.1) is 15.9 Å². The Hall–Kier alpha value is -3.26. The lowest BCUT2D eigenvalue weighted by Crippen LogP contribution is -2.48. The Labute approximate surface area is 179 Å². The number of non-ortho nitro benzene ring substituents is 1. The monoisotopic (exact) mass is 424 g/mol. The van der Waals surface area contributed by atoms with Crippen molar-refractivity contribution in [1.82, 2.24) is 14.8 Å². The Kier molecular flexibility index (Phi) is 5.99. The molecule has 0 bridgehead atoms. The second-order valence-electron chi connectivity index (χ2n) is 7.85. The lowest BCUT2D eigenvalue weighted by Gasteiger charge is -2.34. The third-order valence-electron chi connectivity index (χ3n) is 6.11. The molecular formula is C23H25FN4O3. The lowest BCUT2D eigenvalue weighted by atomic mass is 9.87. The van der Waals surface area contributed by atoms with Gasteiger partial charge in [-0.2, -0.15) is 0 Å². The van der Waals surface area contributed by atoms with Crippen LogP contribution in [-0.4, -0.2) is 58.3 Å². The maximum absolute atomic E-state index is 13.5. The molecule has 1 aromatic heterocycles. The molecule has 31 heavy (non-hydrogen) atoms. The van der Waals surface area contributed by atoms with Gasteiger partial charge < -0.3 is 14.8 Å². The molecule has 4 rings (SSSR count). The van der Waals surface area contributed by atoms with Crippen molar-refractivity contribution in [2.75, 3.05) is 32.7 Å². The largest absolute Gasteiger partial charge is 0.361 e. The molecule has 3 aromatic rings. The second kappa shape index (κ2) is 8.85. The summed E-state index contributed by atoms with van der Waals surface area (Å²) in [4.78, 5) is 31.4. The molecule has 8 heteroatoms. The molecule has 1 aliphatic heterocycles. The lowest BCUT2D eigenvalue weighted by molar-refractivity contribution is -0.384. The molecule has 7 nitrogen and oxygen atoms in total. The van der Waals surface area contributed by atoms with Crippen LogP contribution in [0.3, 0.4) is 0 Å². The van der Waals surface area contributed by atoms with Gasteiger partial charge in [-0.05, 0) is 35.9 Å². The summed E-state index contributed by atoms with van der Waals surface area (Å²) < 4.78 is 13.5. The van der Waals surface area contributed by atoms with Gasteiger partial charge in [-0.1, -0.05) is 19.1 Å². The molecule has 1 atom stereocenters. The number of aromatic amines is 1. The molecule has 0 spiro atoms. The van der Waals surface area contributed by atoms with E-state index in [1.54, 1.807) is 24.4 Å². The van der Waals surface area contributed by atoms with E-state index >= 15 is 0 Å². The van der Waals surface area contributed by atoms with Crippen LogP contribution < -0.4 is 0 Å². The zero-order valence-corrected chi connectivity index (χ0v) is 17.4. The van der Waals surface area contributed by atoms with Gasteiger partial charge in [0, 0.05) is 67.8 Å². The number of aromatic nitrogens is 1. The number of H-pyrrole nitrogens is 1. The molecule has 0 radical (unpaired) electrons. The average molecular weight is 424 g/mol. The first-order chi connectivity index (χ1) is 15.0. The highest BCUT2D eigenvalue weighted by molar-refractivity contribution is 5.87. The Morgan fingerprint density at radius 3 is 2.52 bits per heavy atom. The summed E-state index contributed by atoms with van der Waals surface area (Å²) in [5.74, 6) is -0.656. The van der Waals surface area contributed by atoms with E-state index < -0.39 is 4.92 Å². The van der Waals surface area contributed by atoms with Crippen LogP contribution in [-0.2, 0) is 4.79 Å². The number of fused-ring (bicyclic) bond motifs is 1. The number of carbonyl (C=O) groups excluding carboxylic acids is 1. The summed E-state index contributed by atoms with van der Waals surface area (Å²) in [6.45, 7) is 6.14. The Morgan fingerprint density at radius 2 is 1.87 bits per heavy atom. The molecular weight excluding hydrogens is 399 g/mol. The van der Waals surface area contributed by atoms with Crippen molar-refractivity contribution in [3.8, 4) is 0 Å². The topological polar surface area (TPSA) is 82.5 Å². The van der Waals surface area contributed by atoms with Gasteiger partial charge in [-0.15, -0.1) is 0 Å². The van der Waals surface area contributed by atoms with E-state index in [4.69, 9.17) is 0 Å². The Bertz CT molecular complexity index is 1090. The van der Waals surface area contributed by atoms with Gasteiger partial charge in [-0.3, -0.25) is 14.9 Å². The average Bonchev–Trinajstić information content (AvgIpc) is 3.21. The highest BCUT2D eigenvalue weighted by Gasteiger charge is 2.27. The van der Waals surface area contributed by atoms with E-state index in [1.165, 1.54) is 24.3 Å². The molecule has 1 fully saturated rings. The van der Waals surface area contributed by atoms with Crippen molar-refractivity contribution < 1.29 is 14.1 Å². The fraction of sp³-hybridized carbons (Fsp3) is 0.348. The number of likely N-dealkylation sites (N-methyl/N-ethyl adjacent to an activating group) is 1. The first kappa shape index (κ1) is 21.0. The summed E-state index contributed by atoms with van der Waals surface area (Å²) in [5, 5.41) is 12.0. The second-order valence-corrected chi connectivity index (χ2v) is 7.85. The molecule has 1 amide bonds. The highest BCUT2D eigenvalue weighted by Crippen LogP contribution is 2.35. The Morgan fingerprint density at radius 1 is 1.16 bits per heavy atom. The van der Waals surface area contributed by atoms with E-state index in [0.29, 0.717) is 18.5 Å². The molecule has 0 saturated carbocycles. The number of nitrogens with zero attached hydrogens (tertiary/aromatic N) is 3. The summed E-state index contributed by atoms with van der Waals surface area (Å²) in [7, 11) is 0. The molecule has 2 aromatic carbocycles. The van der Waals surface area contributed by atoms with Crippen LogP contribution in [0.15, 0.2) is 48.7 Å².